The largest absolute Gasteiger partial charge is 0.501 e. The number of nitrogens with zero attached hydrogens (tertiary/aromatic N) is 2. The molecule has 1 aromatic heterocycles. The van der Waals surface area contributed by atoms with Crippen molar-refractivity contribution >= 4 is 43.5 Å². The average Bonchev–Trinajstić information content (AvgIpc) is 2.56. The van der Waals surface area contributed by atoms with E-state index < -0.39 is 14.8 Å². The van der Waals surface area contributed by atoms with E-state index in [1.807, 2.05) is 0 Å². The highest BCUT2D eigenvalue weighted by Crippen LogP contribution is 2.37. The molecule has 3 rings (SSSR count). The van der Waals surface area contributed by atoms with Gasteiger partial charge in [0.2, 0.25) is 0 Å². The molecule has 0 N–H and O–H groups in total. The molecule has 0 aliphatic carbocycles. The standard InChI is InChI=1S/C14H9Br3N2O5/c15-9-5-8(6-10(16)13(9)24-17(21)22)14(20)19-3-4-23-12-1-2-18-7-11(12)19/h1-2,5-7H,3-4H2. The molecule has 1 aliphatic heterocycles. The predicted octanol–water partition coefficient (Wildman–Crippen LogP) is 1.11. The number of benzene rings is 1. The molecule has 2 aromatic rings. The summed E-state index contributed by atoms with van der Waals surface area (Å²) in [6, 6.07) is 4.72. The van der Waals surface area contributed by atoms with Crippen LogP contribution in [0.1, 0.15) is 10.4 Å². The van der Waals surface area contributed by atoms with E-state index in [2.05, 4.69) is 36.8 Å². The first-order valence-electron chi connectivity index (χ1n) is 6.59. The van der Waals surface area contributed by atoms with Gasteiger partial charge in [0.25, 0.3) is 11.7 Å². The molecule has 0 saturated heterocycles. The van der Waals surface area contributed by atoms with Crippen molar-refractivity contribution in [3.05, 3.63) is 45.1 Å². The molecule has 2 heterocycles. The lowest BCUT2D eigenvalue weighted by Gasteiger charge is -2.29. The fourth-order valence-corrected chi connectivity index (χ4v) is 4.65. The molecule has 0 unspecified atom stereocenters. The number of hydrogen-bond acceptors (Lipinski definition) is 6. The zero-order valence-electron chi connectivity index (χ0n) is 11.9. The first kappa shape index (κ1) is 17.6. The van der Waals surface area contributed by atoms with Crippen molar-refractivity contribution in [3.63, 3.8) is 0 Å². The van der Waals surface area contributed by atoms with Gasteiger partial charge in [-0.25, -0.2) is 0 Å². The van der Waals surface area contributed by atoms with E-state index in [0.29, 0.717) is 39.1 Å². The van der Waals surface area contributed by atoms with Crippen LogP contribution in [0.2, 0.25) is 0 Å². The molecule has 126 valence electrons. The first-order chi connectivity index (χ1) is 11.5. The summed E-state index contributed by atoms with van der Waals surface area (Å²) in [5.74, 6) is 0.443. The Morgan fingerprint density at radius 3 is 2.71 bits per heavy atom. The van der Waals surface area contributed by atoms with Crippen molar-refractivity contribution in [3.8, 4) is 11.5 Å². The Morgan fingerprint density at radius 1 is 1.33 bits per heavy atom. The highest BCUT2D eigenvalue weighted by Gasteiger charge is 2.27. The Labute approximate surface area is 159 Å². The summed E-state index contributed by atoms with van der Waals surface area (Å²) in [7, 11) is 0. The SMILES string of the molecule is O=C(c1cc(Br)c(O[Br+2]([O-])[O-])c(Br)c1)N1CCOc2ccncc21. The topological polar surface area (TPSA) is 97.8 Å². The van der Waals surface area contributed by atoms with Crippen molar-refractivity contribution in [1.82, 2.24) is 4.98 Å². The molecule has 24 heavy (non-hydrogen) atoms. The lowest BCUT2D eigenvalue weighted by molar-refractivity contribution is -1.62. The monoisotopic (exact) mass is 522 g/mol. The summed E-state index contributed by atoms with van der Waals surface area (Å²) in [6.07, 6.45) is 3.16. The van der Waals surface area contributed by atoms with E-state index in [-0.39, 0.29) is 11.7 Å². The summed E-state index contributed by atoms with van der Waals surface area (Å²) in [5.41, 5.74) is 0.953. The van der Waals surface area contributed by atoms with E-state index in [4.69, 9.17) is 8.57 Å². The minimum Gasteiger partial charge on any atom is -0.489 e. The maximum Gasteiger partial charge on any atom is 0.501 e. The van der Waals surface area contributed by atoms with Crippen molar-refractivity contribution < 1.29 is 36.6 Å². The van der Waals surface area contributed by atoms with Crippen LogP contribution >= 0.6 is 31.9 Å². The molecule has 7 nitrogen and oxygen atoms in total. The van der Waals surface area contributed by atoms with Gasteiger partial charge in [0.15, 0.2) is 0 Å². The number of rotatable bonds is 3. The zero-order chi connectivity index (χ0) is 17.3. The van der Waals surface area contributed by atoms with Crippen LogP contribution in [0.3, 0.4) is 0 Å². The molecule has 10 heteroatoms. The Bertz CT molecular complexity index is 764. The number of hydrogen-bond donors (Lipinski definition) is 0. The van der Waals surface area contributed by atoms with Gasteiger partial charge < -0.3 is 18.0 Å². The summed E-state index contributed by atoms with van der Waals surface area (Å²) >= 11 is 3.03. The van der Waals surface area contributed by atoms with Crippen LogP contribution in [0.25, 0.3) is 0 Å². The van der Waals surface area contributed by atoms with Crippen LogP contribution in [-0.4, -0.2) is 24.0 Å². The molecule has 0 saturated carbocycles. The number of anilines is 1. The smallest absolute Gasteiger partial charge is 0.489 e. The highest BCUT2D eigenvalue weighted by atomic mass is 80.0. The van der Waals surface area contributed by atoms with Crippen LogP contribution in [-0.2, 0) is 0 Å². The second-order valence-electron chi connectivity index (χ2n) is 4.68. The van der Waals surface area contributed by atoms with E-state index in [9.17, 15) is 13.2 Å². The maximum atomic E-state index is 12.8. The number of pyridine rings is 1. The van der Waals surface area contributed by atoms with Crippen molar-refractivity contribution in [2.75, 3.05) is 18.1 Å². The average molecular weight is 525 g/mol. The van der Waals surface area contributed by atoms with Gasteiger partial charge in [-0.15, -0.1) is 3.83 Å². The van der Waals surface area contributed by atoms with Gasteiger partial charge in [0.05, 0.1) is 21.7 Å². The molecule has 1 aliphatic rings. The molecular weight excluding hydrogens is 516 g/mol. The molecule has 0 radical (unpaired) electrons. The molecule has 1 amide bonds. The van der Waals surface area contributed by atoms with Crippen LogP contribution in [0, 0.1) is 14.8 Å². The molecular formula is C14H9Br3N2O5. The van der Waals surface area contributed by atoms with Crippen LogP contribution in [0.5, 0.6) is 11.5 Å². The summed E-state index contributed by atoms with van der Waals surface area (Å²) in [6.45, 7) is 0.768. The van der Waals surface area contributed by atoms with Gasteiger partial charge in [-0.1, -0.05) is 0 Å². The third kappa shape index (κ3) is 3.57. The lowest BCUT2D eigenvalue weighted by atomic mass is 10.1. The minimum absolute atomic E-state index is 0.107. The number of carbonyl (C=O) groups excluding carboxylic acids is 1. The Morgan fingerprint density at radius 2 is 2.04 bits per heavy atom. The third-order valence-corrected chi connectivity index (χ3v) is 5.02. The quantitative estimate of drug-likeness (QED) is 0.597. The number of carbonyl (C=O) groups is 1. The van der Waals surface area contributed by atoms with Crippen LogP contribution in [0.4, 0.5) is 5.69 Å². The van der Waals surface area contributed by atoms with Crippen molar-refractivity contribution in [1.29, 1.82) is 0 Å². The van der Waals surface area contributed by atoms with Gasteiger partial charge in [-0.05, 0) is 44.0 Å². The third-order valence-electron chi connectivity index (χ3n) is 3.26. The highest BCUT2D eigenvalue weighted by molar-refractivity contribution is 9.11. The van der Waals surface area contributed by atoms with E-state index in [0.717, 1.165) is 0 Å². The Balaban J connectivity index is 1.94. The number of aromatic nitrogens is 1. The van der Waals surface area contributed by atoms with E-state index in [1.165, 1.54) is 12.1 Å². The number of fused-ring (bicyclic) bond motifs is 1. The predicted molar refractivity (Wildman–Crippen MR) is 83.9 cm³/mol. The van der Waals surface area contributed by atoms with Crippen LogP contribution in [0.15, 0.2) is 39.5 Å². The Kier molecular flexibility index (Phi) is 5.40. The number of halogens is 3. The van der Waals surface area contributed by atoms with E-state index >= 15 is 0 Å². The van der Waals surface area contributed by atoms with E-state index in [1.54, 1.807) is 23.4 Å². The second kappa shape index (κ2) is 7.36. The van der Waals surface area contributed by atoms with Gasteiger partial charge in [0.1, 0.15) is 18.0 Å². The number of amides is 1. The summed E-state index contributed by atoms with van der Waals surface area (Å²) in [4.78, 5) is 18.4. The van der Waals surface area contributed by atoms with Gasteiger partial charge in [0, 0.05) is 17.8 Å². The maximum absolute atomic E-state index is 12.8. The normalized spacial score (nSPS) is 13.5. The van der Waals surface area contributed by atoms with Crippen molar-refractivity contribution in [2.45, 2.75) is 0 Å². The Hall–Kier alpha value is -1.20. The summed E-state index contributed by atoms with van der Waals surface area (Å²) in [5, 5.41) is 0. The van der Waals surface area contributed by atoms with Gasteiger partial charge >= 0.3 is 14.8 Å². The van der Waals surface area contributed by atoms with Crippen LogP contribution < -0.4 is 21.9 Å². The minimum atomic E-state index is -3.43. The fourth-order valence-electron chi connectivity index (χ4n) is 2.25. The second-order valence-corrected chi connectivity index (χ2v) is 7.51. The van der Waals surface area contributed by atoms with Crippen molar-refractivity contribution in [2.24, 2.45) is 0 Å². The number of ether oxygens (including phenoxy) is 1. The first-order valence-corrected chi connectivity index (χ1v) is 10.1. The molecule has 1 aromatic carbocycles. The fraction of sp³-hybridized carbons (Fsp3) is 0.143. The molecule has 0 spiro atoms. The molecule has 0 fully saturated rings. The molecule has 0 atom stereocenters. The summed E-state index contributed by atoms with van der Waals surface area (Å²) < 4.78 is 32.6. The van der Waals surface area contributed by atoms with Gasteiger partial charge in [-0.3, -0.25) is 9.78 Å². The molecule has 0 bridgehead atoms. The zero-order valence-corrected chi connectivity index (χ0v) is 16.6. The lowest BCUT2D eigenvalue weighted by Crippen LogP contribution is -2.38. The van der Waals surface area contributed by atoms with Gasteiger partial charge in [-0.2, -0.15) is 0 Å².